The van der Waals surface area contributed by atoms with Crippen molar-refractivity contribution in [3.8, 4) is 5.75 Å². The number of rotatable bonds is 4. The molecule has 2 heterocycles. The highest BCUT2D eigenvalue weighted by molar-refractivity contribution is 5.15. The first-order valence-corrected chi connectivity index (χ1v) is 4.60. The molecule has 0 spiro atoms. The highest BCUT2D eigenvalue weighted by Crippen LogP contribution is 2.14. The van der Waals surface area contributed by atoms with Crippen LogP contribution >= 0.6 is 0 Å². The molecule has 0 saturated carbocycles. The Balaban J connectivity index is 2.02. The Hall–Kier alpha value is -1.98. The first-order valence-electron chi connectivity index (χ1n) is 4.60. The second-order valence-electron chi connectivity index (χ2n) is 3.01. The molecule has 0 saturated heterocycles. The number of nitrogens with zero attached hydrogens (tertiary/aromatic N) is 3. The van der Waals surface area contributed by atoms with Crippen molar-refractivity contribution in [1.29, 1.82) is 0 Å². The van der Waals surface area contributed by atoms with Gasteiger partial charge in [-0.25, -0.2) is 4.98 Å². The van der Waals surface area contributed by atoms with Crippen LogP contribution in [0.1, 0.15) is 12.4 Å². The third-order valence-electron chi connectivity index (χ3n) is 1.96. The van der Waals surface area contributed by atoms with Crippen molar-refractivity contribution in [2.75, 3.05) is 0 Å². The summed E-state index contributed by atoms with van der Waals surface area (Å²) in [5.41, 5.74) is 0. The molecule has 0 N–H and O–H groups in total. The van der Waals surface area contributed by atoms with Crippen LogP contribution < -0.4 is 4.74 Å². The Morgan fingerprint density at radius 3 is 2.94 bits per heavy atom. The molecule has 0 fully saturated rings. The van der Waals surface area contributed by atoms with E-state index >= 15 is 0 Å². The molecule has 6 heteroatoms. The van der Waals surface area contributed by atoms with Gasteiger partial charge in [-0.1, -0.05) is 0 Å². The van der Waals surface area contributed by atoms with Gasteiger partial charge in [-0.3, -0.25) is 9.55 Å². The van der Waals surface area contributed by atoms with Gasteiger partial charge in [0, 0.05) is 18.6 Å². The Morgan fingerprint density at radius 1 is 1.38 bits per heavy atom. The van der Waals surface area contributed by atoms with Crippen LogP contribution in [0.2, 0.25) is 0 Å². The van der Waals surface area contributed by atoms with Gasteiger partial charge in [-0.05, 0) is 12.1 Å². The molecular formula is C10H9F2N3O. The van der Waals surface area contributed by atoms with Crippen LogP contribution in [0.4, 0.5) is 8.78 Å². The zero-order chi connectivity index (χ0) is 11.4. The van der Waals surface area contributed by atoms with Crippen molar-refractivity contribution in [2.24, 2.45) is 0 Å². The van der Waals surface area contributed by atoms with E-state index in [4.69, 9.17) is 4.74 Å². The molecule has 0 bridgehead atoms. The summed E-state index contributed by atoms with van der Waals surface area (Å²) in [4.78, 5) is 7.63. The van der Waals surface area contributed by atoms with E-state index in [1.807, 2.05) is 0 Å². The molecule has 2 aromatic heterocycles. The van der Waals surface area contributed by atoms with E-state index in [9.17, 15) is 8.78 Å². The summed E-state index contributed by atoms with van der Waals surface area (Å²) >= 11 is 0. The fraction of sp³-hybridized carbons (Fsp3) is 0.200. The maximum Gasteiger partial charge on any atom is 0.320 e. The molecule has 84 valence electrons. The van der Waals surface area contributed by atoms with E-state index in [1.54, 1.807) is 18.3 Å². The summed E-state index contributed by atoms with van der Waals surface area (Å²) < 4.78 is 30.9. The Kier molecular flexibility index (Phi) is 3.09. The van der Waals surface area contributed by atoms with Gasteiger partial charge in [0.25, 0.3) is 0 Å². The molecule has 0 aliphatic carbocycles. The van der Waals surface area contributed by atoms with Crippen molar-refractivity contribution in [1.82, 2.24) is 14.5 Å². The van der Waals surface area contributed by atoms with Crippen molar-refractivity contribution < 1.29 is 13.5 Å². The maximum absolute atomic E-state index is 12.4. The number of hydrogen-bond acceptors (Lipinski definition) is 3. The van der Waals surface area contributed by atoms with E-state index < -0.39 is 6.55 Å². The van der Waals surface area contributed by atoms with Gasteiger partial charge < -0.3 is 4.74 Å². The minimum Gasteiger partial charge on any atom is -0.484 e. The summed E-state index contributed by atoms with van der Waals surface area (Å²) in [5, 5.41) is 0. The number of pyridine rings is 1. The van der Waals surface area contributed by atoms with Crippen molar-refractivity contribution in [3.63, 3.8) is 0 Å². The summed E-state index contributed by atoms with van der Waals surface area (Å²) in [6.07, 6.45) is 5.64. The van der Waals surface area contributed by atoms with Crippen LogP contribution in [0.25, 0.3) is 0 Å². The maximum atomic E-state index is 12.4. The predicted molar refractivity (Wildman–Crippen MR) is 52.0 cm³/mol. The first kappa shape index (κ1) is 10.5. The number of aromatic nitrogens is 3. The summed E-state index contributed by atoms with van der Waals surface area (Å²) in [5.74, 6) is 0.699. The normalized spacial score (nSPS) is 10.7. The number of imidazole rings is 1. The fourth-order valence-electron chi connectivity index (χ4n) is 1.21. The largest absolute Gasteiger partial charge is 0.484 e. The second-order valence-corrected chi connectivity index (χ2v) is 3.01. The van der Waals surface area contributed by atoms with Gasteiger partial charge in [-0.2, -0.15) is 8.78 Å². The molecule has 0 aromatic carbocycles. The zero-order valence-electron chi connectivity index (χ0n) is 8.25. The van der Waals surface area contributed by atoms with E-state index in [0.717, 1.165) is 4.57 Å². The van der Waals surface area contributed by atoms with Crippen LogP contribution in [-0.2, 0) is 6.61 Å². The number of alkyl halides is 2. The summed E-state index contributed by atoms with van der Waals surface area (Å²) in [7, 11) is 0. The average Bonchev–Trinajstić information content (AvgIpc) is 2.76. The van der Waals surface area contributed by atoms with Gasteiger partial charge in [-0.15, -0.1) is 0 Å². The van der Waals surface area contributed by atoms with Crippen molar-refractivity contribution in [3.05, 3.63) is 42.7 Å². The highest BCUT2D eigenvalue weighted by Gasteiger charge is 2.11. The minimum atomic E-state index is -2.60. The number of ether oxygens (including phenoxy) is 1. The van der Waals surface area contributed by atoms with Gasteiger partial charge >= 0.3 is 6.55 Å². The van der Waals surface area contributed by atoms with Gasteiger partial charge in [0.1, 0.15) is 12.4 Å². The highest BCUT2D eigenvalue weighted by atomic mass is 19.3. The smallest absolute Gasteiger partial charge is 0.320 e. The first-order chi connectivity index (χ1) is 7.77. The molecule has 2 aromatic rings. The lowest BCUT2D eigenvalue weighted by Gasteiger charge is -2.07. The molecule has 0 radical (unpaired) electrons. The summed E-state index contributed by atoms with van der Waals surface area (Å²) in [6.45, 7) is -2.61. The molecule has 16 heavy (non-hydrogen) atoms. The molecule has 4 nitrogen and oxygen atoms in total. The Morgan fingerprint density at radius 2 is 2.25 bits per heavy atom. The van der Waals surface area contributed by atoms with E-state index in [0.29, 0.717) is 5.75 Å². The lowest BCUT2D eigenvalue weighted by atomic mass is 10.5. The molecule has 0 unspecified atom stereocenters. The molecule has 0 aliphatic heterocycles. The fourth-order valence-corrected chi connectivity index (χ4v) is 1.21. The second kappa shape index (κ2) is 4.69. The lowest BCUT2D eigenvalue weighted by molar-refractivity contribution is 0.0632. The van der Waals surface area contributed by atoms with Crippen LogP contribution in [0.15, 0.2) is 36.9 Å². The molecular weight excluding hydrogens is 216 g/mol. The summed E-state index contributed by atoms with van der Waals surface area (Å²) in [6, 6.07) is 3.40. The quantitative estimate of drug-likeness (QED) is 0.801. The van der Waals surface area contributed by atoms with Gasteiger partial charge in [0.15, 0.2) is 5.82 Å². The third kappa shape index (κ3) is 2.33. The number of hydrogen-bond donors (Lipinski definition) is 0. The molecule has 0 amide bonds. The van der Waals surface area contributed by atoms with Crippen LogP contribution in [0, 0.1) is 0 Å². The van der Waals surface area contributed by atoms with Crippen molar-refractivity contribution in [2.45, 2.75) is 13.2 Å². The third-order valence-corrected chi connectivity index (χ3v) is 1.96. The van der Waals surface area contributed by atoms with Gasteiger partial charge in [0.05, 0.1) is 6.20 Å². The minimum absolute atomic E-state index is 0.0109. The van der Waals surface area contributed by atoms with E-state index in [2.05, 4.69) is 9.97 Å². The lowest BCUT2D eigenvalue weighted by Crippen LogP contribution is -2.07. The SMILES string of the molecule is FC(F)n1ccnc1COc1cccnc1. The van der Waals surface area contributed by atoms with Crippen molar-refractivity contribution >= 4 is 0 Å². The Bertz CT molecular complexity index is 444. The molecule has 0 atom stereocenters. The van der Waals surface area contributed by atoms with Gasteiger partial charge in [0.2, 0.25) is 0 Å². The van der Waals surface area contributed by atoms with Crippen LogP contribution in [0.3, 0.4) is 0 Å². The molecule has 0 aliphatic rings. The monoisotopic (exact) mass is 225 g/mol. The van der Waals surface area contributed by atoms with Crippen LogP contribution in [0.5, 0.6) is 5.75 Å². The van der Waals surface area contributed by atoms with E-state index in [1.165, 1.54) is 18.6 Å². The Labute approximate surface area is 90.5 Å². The zero-order valence-corrected chi connectivity index (χ0v) is 8.25. The van der Waals surface area contributed by atoms with Crippen LogP contribution in [-0.4, -0.2) is 14.5 Å². The number of halogens is 2. The topological polar surface area (TPSA) is 39.9 Å². The predicted octanol–water partition coefficient (Wildman–Crippen LogP) is 2.25. The standard InChI is InChI=1S/C10H9F2N3O/c11-10(12)15-5-4-14-9(15)7-16-8-2-1-3-13-6-8/h1-6,10H,7H2. The average molecular weight is 225 g/mol. The van der Waals surface area contributed by atoms with E-state index in [-0.39, 0.29) is 12.4 Å². The molecule has 2 rings (SSSR count).